The fraction of sp³-hybridized carbons (Fsp3) is 0.750. The molecule has 1 aliphatic rings. The molecular weight excluding hydrogens is 188 g/mol. The fourth-order valence-electron chi connectivity index (χ4n) is 2.56. The Morgan fingerprint density at radius 1 is 1.33 bits per heavy atom. The van der Waals surface area contributed by atoms with Gasteiger partial charge in [-0.25, -0.2) is 0 Å². The van der Waals surface area contributed by atoms with Gasteiger partial charge in [0, 0.05) is 5.56 Å². The van der Waals surface area contributed by atoms with Crippen molar-refractivity contribution in [2.24, 2.45) is 5.92 Å². The minimum absolute atomic E-state index is 0.517. The van der Waals surface area contributed by atoms with Gasteiger partial charge < -0.3 is 10.3 Å². The molecule has 0 radical (unpaired) electrons. The van der Waals surface area contributed by atoms with Crippen LogP contribution in [0.5, 0.6) is 0 Å². The molecule has 1 heterocycles. The van der Waals surface area contributed by atoms with E-state index in [0.717, 1.165) is 30.0 Å². The Morgan fingerprint density at radius 2 is 2.07 bits per heavy atom. The first-order valence-corrected chi connectivity index (χ1v) is 6.04. The van der Waals surface area contributed by atoms with Crippen molar-refractivity contribution in [3.8, 4) is 0 Å². The van der Waals surface area contributed by atoms with Gasteiger partial charge in [-0.15, -0.1) is 0 Å². The van der Waals surface area contributed by atoms with Crippen LogP contribution in [0.2, 0.25) is 0 Å². The lowest BCUT2D eigenvalue weighted by atomic mass is 9.85. The van der Waals surface area contributed by atoms with Crippen molar-refractivity contribution in [1.29, 1.82) is 0 Å². The number of nitrogen functional groups attached to an aromatic ring is 1. The first-order valence-electron chi connectivity index (χ1n) is 6.04. The van der Waals surface area contributed by atoms with Crippen molar-refractivity contribution in [2.45, 2.75) is 51.9 Å². The monoisotopic (exact) mass is 208 g/mol. The summed E-state index contributed by atoms with van der Waals surface area (Å²) in [5, 5.41) is 4.08. The molecule has 2 rings (SSSR count). The van der Waals surface area contributed by atoms with E-state index >= 15 is 0 Å². The Labute approximate surface area is 91.0 Å². The van der Waals surface area contributed by atoms with Crippen LogP contribution in [0.25, 0.3) is 0 Å². The molecule has 0 spiro atoms. The summed E-state index contributed by atoms with van der Waals surface area (Å²) in [4.78, 5) is 0. The van der Waals surface area contributed by atoms with E-state index in [-0.39, 0.29) is 0 Å². The molecular formula is C12H20N2O. The van der Waals surface area contributed by atoms with Crippen LogP contribution < -0.4 is 5.73 Å². The van der Waals surface area contributed by atoms with Gasteiger partial charge in [-0.1, -0.05) is 44.2 Å². The molecule has 15 heavy (non-hydrogen) atoms. The van der Waals surface area contributed by atoms with Crippen LogP contribution in [0, 0.1) is 5.92 Å². The lowest BCUT2D eigenvalue weighted by Gasteiger charge is -2.20. The van der Waals surface area contributed by atoms with Crippen molar-refractivity contribution in [3.05, 3.63) is 11.3 Å². The molecule has 0 amide bonds. The Balaban J connectivity index is 2.02. The van der Waals surface area contributed by atoms with Gasteiger partial charge in [0.05, 0.1) is 5.69 Å². The Bertz CT molecular complexity index is 313. The van der Waals surface area contributed by atoms with Gasteiger partial charge in [0.1, 0.15) is 0 Å². The van der Waals surface area contributed by atoms with Crippen molar-refractivity contribution in [2.75, 3.05) is 5.73 Å². The highest BCUT2D eigenvalue weighted by Crippen LogP contribution is 2.28. The average molecular weight is 208 g/mol. The van der Waals surface area contributed by atoms with Crippen LogP contribution in [-0.4, -0.2) is 5.16 Å². The molecule has 0 aliphatic heterocycles. The van der Waals surface area contributed by atoms with Crippen molar-refractivity contribution >= 4 is 5.88 Å². The lowest BCUT2D eigenvalue weighted by molar-refractivity contribution is 0.344. The number of hydrogen-bond acceptors (Lipinski definition) is 3. The van der Waals surface area contributed by atoms with Crippen LogP contribution >= 0.6 is 0 Å². The first kappa shape index (κ1) is 10.5. The number of aromatic nitrogens is 1. The first-order chi connectivity index (χ1) is 7.31. The van der Waals surface area contributed by atoms with Crippen molar-refractivity contribution in [1.82, 2.24) is 5.16 Å². The third-order valence-electron chi connectivity index (χ3n) is 3.46. The van der Waals surface area contributed by atoms with Gasteiger partial charge in [0.25, 0.3) is 0 Å². The molecule has 1 fully saturated rings. The summed E-state index contributed by atoms with van der Waals surface area (Å²) in [5.74, 6) is 1.32. The predicted octanol–water partition coefficient (Wildman–Crippen LogP) is 2.94. The Kier molecular flexibility index (Phi) is 3.29. The quantitative estimate of drug-likeness (QED) is 0.830. The topological polar surface area (TPSA) is 52.0 Å². The maximum absolute atomic E-state index is 5.73. The minimum atomic E-state index is 0.517. The van der Waals surface area contributed by atoms with Crippen LogP contribution in [0.15, 0.2) is 4.52 Å². The largest absolute Gasteiger partial charge is 0.367 e. The molecule has 1 aromatic rings. The Hall–Kier alpha value is -0.990. The second-order valence-corrected chi connectivity index (χ2v) is 4.53. The highest BCUT2D eigenvalue weighted by atomic mass is 16.5. The van der Waals surface area contributed by atoms with Gasteiger partial charge in [0.2, 0.25) is 5.88 Å². The molecule has 0 bridgehead atoms. The molecule has 0 unspecified atom stereocenters. The standard InChI is InChI=1S/C12H20N2O/c1-2-10-11(14-15-12(10)13)8-9-6-4-3-5-7-9/h9H,2-8,13H2,1H3. The lowest BCUT2D eigenvalue weighted by Crippen LogP contribution is -2.10. The maximum Gasteiger partial charge on any atom is 0.225 e. The van der Waals surface area contributed by atoms with Crippen LogP contribution in [0.1, 0.15) is 50.3 Å². The molecule has 0 aromatic carbocycles. The number of nitrogens with two attached hydrogens (primary N) is 1. The van der Waals surface area contributed by atoms with Gasteiger partial charge in [-0.2, -0.15) is 0 Å². The zero-order chi connectivity index (χ0) is 10.7. The number of hydrogen-bond donors (Lipinski definition) is 1. The van der Waals surface area contributed by atoms with Gasteiger partial charge in [-0.3, -0.25) is 0 Å². The van der Waals surface area contributed by atoms with E-state index in [0.29, 0.717) is 5.88 Å². The van der Waals surface area contributed by atoms with E-state index in [4.69, 9.17) is 10.3 Å². The van der Waals surface area contributed by atoms with Gasteiger partial charge >= 0.3 is 0 Å². The Morgan fingerprint density at radius 3 is 2.73 bits per heavy atom. The summed E-state index contributed by atoms with van der Waals surface area (Å²) in [6.45, 7) is 2.10. The molecule has 2 N–H and O–H groups in total. The zero-order valence-corrected chi connectivity index (χ0v) is 9.46. The number of nitrogens with zero attached hydrogens (tertiary/aromatic N) is 1. The minimum Gasteiger partial charge on any atom is -0.367 e. The molecule has 0 saturated heterocycles. The SMILES string of the molecule is CCc1c(CC2CCCCC2)noc1N. The normalized spacial score (nSPS) is 18.2. The molecule has 3 heteroatoms. The highest BCUT2D eigenvalue weighted by Gasteiger charge is 2.19. The van der Waals surface area contributed by atoms with E-state index in [1.165, 1.54) is 32.1 Å². The molecule has 1 aliphatic carbocycles. The summed E-state index contributed by atoms with van der Waals surface area (Å²) in [6.07, 6.45) is 8.82. The second kappa shape index (κ2) is 4.69. The second-order valence-electron chi connectivity index (χ2n) is 4.53. The number of rotatable bonds is 3. The van der Waals surface area contributed by atoms with E-state index in [9.17, 15) is 0 Å². The molecule has 3 nitrogen and oxygen atoms in total. The molecule has 1 aromatic heterocycles. The average Bonchev–Trinajstić information content (AvgIpc) is 2.61. The van der Waals surface area contributed by atoms with E-state index < -0.39 is 0 Å². The smallest absolute Gasteiger partial charge is 0.225 e. The van der Waals surface area contributed by atoms with E-state index in [2.05, 4.69) is 12.1 Å². The summed E-state index contributed by atoms with van der Waals surface area (Å²) < 4.78 is 5.06. The summed E-state index contributed by atoms with van der Waals surface area (Å²) in [6, 6.07) is 0. The van der Waals surface area contributed by atoms with Crippen molar-refractivity contribution < 1.29 is 4.52 Å². The third kappa shape index (κ3) is 2.33. The predicted molar refractivity (Wildman–Crippen MR) is 60.6 cm³/mol. The summed E-state index contributed by atoms with van der Waals surface area (Å²) in [7, 11) is 0. The molecule has 84 valence electrons. The number of anilines is 1. The van der Waals surface area contributed by atoms with Crippen molar-refractivity contribution in [3.63, 3.8) is 0 Å². The molecule has 1 saturated carbocycles. The van der Waals surface area contributed by atoms with E-state index in [1.54, 1.807) is 0 Å². The highest BCUT2D eigenvalue weighted by molar-refractivity contribution is 5.38. The van der Waals surface area contributed by atoms with Gasteiger partial charge in [-0.05, 0) is 18.8 Å². The van der Waals surface area contributed by atoms with Crippen LogP contribution in [0.4, 0.5) is 5.88 Å². The maximum atomic E-state index is 5.73. The van der Waals surface area contributed by atoms with Crippen LogP contribution in [0.3, 0.4) is 0 Å². The third-order valence-corrected chi connectivity index (χ3v) is 3.46. The summed E-state index contributed by atoms with van der Waals surface area (Å²) in [5.41, 5.74) is 7.95. The summed E-state index contributed by atoms with van der Waals surface area (Å²) >= 11 is 0. The van der Waals surface area contributed by atoms with E-state index in [1.807, 2.05) is 0 Å². The molecule has 0 atom stereocenters. The van der Waals surface area contributed by atoms with Crippen LogP contribution in [-0.2, 0) is 12.8 Å². The fourth-order valence-corrected chi connectivity index (χ4v) is 2.56. The van der Waals surface area contributed by atoms with Gasteiger partial charge in [0.15, 0.2) is 0 Å². The zero-order valence-electron chi connectivity index (χ0n) is 9.46.